The lowest BCUT2D eigenvalue weighted by atomic mass is 9.44. The quantitative estimate of drug-likeness (QED) is 0.206. The van der Waals surface area contributed by atoms with Crippen LogP contribution in [0.3, 0.4) is 0 Å². The van der Waals surface area contributed by atoms with Crippen molar-refractivity contribution in [3.8, 4) is 11.5 Å². The van der Waals surface area contributed by atoms with Gasteiger partial charge in [-0.15, -0.1) is 0 Å². The number of alkyl halides is 4. The average molecular weight is 1010 g/mol. The second-order valence-electron chi connectivity index (χ2n) is 23.6. The van der Waals surface area contributed by atoms with Crippen LogP contribution in [0.15, 0.2) is 96.1 Å². The van der Waals surface area contributed by atoms with E-state index in [-0.39, 0.29) is 62.8 Å². The highest BCUT2D eigenvalue weighted by Crippen LogP contribution is 2.75. The predicted molar refractivity (Wildman–Crippen MR) is 254 cm³/mol. The lowest BCUT2D eigenvalue weighted by Crippen LogP contribution is -2.70. The summed E-state index contributed by atoms with van der Waals surface area (Å²) in [6.07, 6.45) is 0.494. The van der Waals surface area contributed by atoms with Crippen LogP contribution in [0.2, 0.25) is 0 Å². The highest BCUT2D eigenvalue weighted by molar-refractivity contribution is 6.02. The highest BCUT2D eigenvalue weighted by atomic mass is 19.2. The molecule has 73 heavy (non-hydrogen) atoms. The van der Waals surface area contributed by atoms with Gasteiger partial charge < -0.3 is 25.2 Å². The van der Waals surface area contributed by atoms with Gasteiger partial charge in [0.2, 0.25) is 0 Å². The van der Waals surface area contributed by atoms with Crippen molar-refractivity contribution in [3.63, 3.8) is 0 Å². The Hall–Kier alpha value is -5.04. The molecule has 0 bridgehead atoms. The number of rotatable bonds is 8. The molecular formula is C56H60F4N2O11. The Morgan fingerprint density at radius 3 is 1.34 bits per heavy atom. The van der Waals surface area contributed by atoms with E-state index < -0.39 is 141 Å². The van der Waals surface area contributed by atoms with Crippen LogP contribution in [0.25, 0.3) is 0 Å². The number of anilines is 2. The molecule has 0 radical (unpaired) electrons. The number of halogens is 4. The number of hydrogen-bond donors (Lipinski definition) is 4. The minimum atomic E-state index is -2.33. The summed E-state index contributed by atoms with van der Waals surface area (Å²) in [5.41, 5.74) is -12.4. The van der Waals surface area contributed by atoms with Crippen LogP contribution < -0.4 is 14.9 Å². The number of hydrogen-bond acceptors (Lipinski definition) is 13. The second kappa shape index (κ2) is 15.8. The van der Waals surface area contributed by atoms with Gasteiger partial charge >= 0.3 is 0 Å². The minimum Gasteiger partial charge on any atom is -0.457 e. The fraction of sp³-hybridized carbons (Fsp3) is 0.571. The Morgan fingerprint density at radius 2 is 0.986 bits per heavy atom. The third kappa shape index (κ3) is 5.89. The third-order valence-electron chi connectivity index (χ3n) is 20.8. The molecule has 6 saturated carbocycles. The maximum absolute atomic E-state index is 17.9. The number of benzene rings is 2. The van der Waals surface area contributed by atoms with Crippen LogP contribution in [0, 0.1) is 57.2 Å². The van der Waals surface area contributed by atoms with Gasteiger partial charge in [0, 0.05) is 45.3 Å². The number of nitrogens with zero attached hydrogens (tertiary/aromatic N) is 2. The van der Waals surface area contributed by atoms with E-state index in [2.05, 4.69) is 0 Å². The summed E-state index contributed by atoms with van der Waals surface area (Å²) in [6.45, 7) is 5.26. The molecule has 0 spiro atoms. The molecule has 8 aliphatic carbocycles. The molecule has 2 aliphatic heterocycles. The van der Waals surface area contributed by atoms with E-state index in [0.29, 0.717) is 22.9 Å². The Morgan fingerprint density at radius 1 is 0.616 bits per heavy atom. The molecule has 2 aromatic carbocycles. The molecule has 18 atom stereocenters. The van der Waals surface area contributed by atoms with E-state index in [0.717, 1.165) is 12.2 Å². The lowest BCUT2D eigenvalue weighted by molar-refractivity contribution is -0.228. The van der Waals surface area contributed by atoms with E-state index in [1.54, 1.807) is 72.5 Å². The number of ether oxygens (including phenoxy) is 1. The Bertz CT molecular complexity index is 2670. The van der Waals surface area contributed by atoms with Crippen molar-refractivity contribution in [1.29, 1.82) is 0 Å². The van der Waals surface area contributed by atoms with E-state index in [1.165, 1.54) is 38.2 Å². The number of hydroxylamine groups is 2. The van der Waals surface area contributed by atoms with Gasteiger partial charge in [-0.25, -0.2) is 17.6 Å². The van der Waals surface area contributed by atoms with Gasteiger partial charge in [-0.1, -0.05) is 26.0 Å². The molecule has 0 aromatic heterocycles. The Labute approximate surface area is 419 Å². The molecular weight excluding hydrogens is 953 g/mol. The van der Waals surface area contributed by atoms with Gasteiger partial charge in [-0.3, -0.25) is 39.0 Å². The van der Waals surface area contributed by atoms with E-state index in [1.807, 2.05) is 0 Å². The normalized spacial score (nSPS) is 46.8. The highest BCUT2D eigenvalue weighted by Gasteiger charge is 2.81. The van der Waals surface area contributed by atoms with Gasteiger partial charge in [-0.2, -0.15) is 0 Å². The molecule has 0 unspecified atom stereocenters. The maximum atomic E-state index is 17.9. The molecule has 10 aliphatic rings. The molecule has 388 valence electrons. The van der Waals surface area contributed by atoms with Gasteiger partial charge in [0.1, 0.15) is 37.1 Å². The zero-order chi connectivity index (χ0) is 51.8. The third-order valence-corrected chi connectivity index (χ3v) is 20.8. The van der Waals surface area contributed by atoms with Crippen LogP contribution in [-0.4, -0.2) is 117 Å². The van der Waals surface area contributed by atoms with Crippen molar-refractivity contribution < 1.29 is 71.6 Å². The van der Waals surface area contributed by atoms with Crippen LogP contribution in [0.1, 0.15) is 66.2 Å². The minimum absolute atomic E-state index is 0.0106. The zero-order valence-corrected chi connectivity index (χ0v) is 41.0. The number of carbonyl (C=O) groups excluding carboxylic acids is 4. The van der Waals surface area contributed by atoms with Crippen LogP contribution in [0.5, 0.6) is 11.5 Å². The summed E-state index contributed by atoms with van der Waals surface area (Å²) in [4.78, 5) is 66.1. The maximum Gasteiger partial charge on any atom is 0.193 e. The summed E-state index contributed by atoms with van der Waals surface area (Å²) in [7, 11) is 0. The average Bonchev–Trinajstić information content (AvgIpc) is 4.08. The largest absolute Gasteiger partial charge is 0.457 e. The first-order valence-electron chi connectivity index (χ1n) is 25.5. The first-order valence-corrected chi connectivity index (χ1v) is 25.5. The SMILES string of the molecule is C[C@]12C=CC(=O)C=C1[C@@H](F)C[C@H]1[C@@H]3C[C@H]4CN(c5ccc(Oc6ccc(N7C[C@@H]8C[C@H]9[C@@H]%10C[C@H](F)C%11=CC(=O)C=C[C@]%11(C)[C@@]%10(F)[C@@H](O)C[C@]9(C)[C@]8(C(=O)CO)O7)cc6)cc5)O[C@@]4(C(=O)CO)[C@@]3(C)C[C@H](O)[C@@]12F. The first kappa shape index (κ1) is 48.9. The molecule has 12 rings (SSSR count). The summed E-state index contributed by atoms with van der Waals surface area (Å²) in [5.74, 6) is -5.52. The van der Waals surface area contributed by atoms with Gasteiger partial charge in [0.25, 0.3) is 0 Å². The van der Waals surface area contributed by atoms with Gasteiger partial charge in [-0.05, 0) is 148 Å². The van der Waals surface area contributed by atoms with Crippen molar-refractivity contribution in [1.82, 2.24) is 0 Å². The monoisotopic (exact) mass is 1010 g/mol. The Balaban J connectivity index is 0.748. The number of carbonyl (C=O) groups is 4. The van der Waals surface area contributed by atoms with Gasteiger partial charge in [0.15, 0.2) is 45.7 Å². The van der Waals surface area contributed by atoms with E-state index >= 15 is 17.6 Å². The molecule has 4 N–H and O–H groups in total. The number of ketones is 4. The van der Waals surface area contributed by atoms with Crippen LogP contribution in [0.4, 0.5) is 28.9 Å². The topological polar surface area (TPSA) is 183 Å². The summed E-state index contributed by atoms with van der Waals surface area (Å²) in [5, 5.41) is 47.7. The standard InChI is InChI=1S/C56H60F4N2O11/c1-49-15-13-33(65)19-41(49)43(57)21-39-37-17-29-25-61(72-55(29,47(69)27-63)51(37,3)23-45(67)53(39,49)59)31-5-9-35(10-6-31)71-36-11-7-32(8-12-36)62-26-30-18-38-40-22-44(58)42-20-34(66)14-16-50(42,2)54(40,60)46(68)24-52(38,4)56(30,73-62)48(70)28-64/h5-16,19-20,29-30,37-40,43-46,63-64,67-68H,17-18,21-28H2,1-4H3/t29-,30-,37-,38-,39-,40-,43-,44-,45-,46-,49-,50-,51-,52-,53-,54-,55-,56-/m0/s1. The molecule has 13 nitrogen and oxygen atoms in total. The van der Waals surface area contributed by atoms with Crippen molar-refractivity contribution in [2.24, 2.45) is 57.2 Å². The molecule has 2 saturated heterocycles. The zero-order valence-electron chi connectivity index (χ0n) is 41.0. The van der Waals surface area contributed by atoms with E-state index in [9.17, 15) is 39.6 Å². The van der Waals surface area contributed by atoms with Crippen LogP contribution >= 0.6 is 0 Å². The van der Waals surface area contributed by atoms with Gasteiger partial charge in [0.05, 0.1) is 36.7 Å². The molecule has 2 heterocycles. The number of fused-ring (bicyclic) bond motifs is 14. The van der Waals surface area contributed by atoms with E-state index in [4.69, 9.17) is 14.4 Å². The summed E-state index contributed by atoms with van der Waals surface area (Å²) < 4.78 is 74.1. The molecule has 8 fully saturated rings. The fourth-order valence-electron chi connectivity index (χ4n) is 17.5. The summed E-state index contributed by atoms with van der Waals surface area (Å²) >= 11 is 0. The van der Waals surface area contributed by atoms with Crippen molar-refractivity contribution in [2.45, 2.75) is 113 Å². The number of allylic oxidation sites excluding steroid dienone is 8. The molecule has 2 aromatic rings. The molecule has 17 heteroatoms. The van der Waals surface area contributed by atoms with Crippen molar-refractivity contribution in [3.05, 3.63) is 96.1 Å². The smallest absolute Gasteiger partial charge is 0.193 e. The number of aliphatic hydroxyl groups is 4. The first-order chi connectivity index (χ1) is 34.5. The molecule has 0 amide bonds. The van der Waals surface area contributed by atoms with Crippen molar-refractivity contribution in [2.75, 3.05) is 36.4 Å². The lowest BCUT2D eigenvalue weighted by Gasteiger charge is -2.63. The second-order valence-corrected chi connectivity index (χ2v) is 23.6. The predicted octanol–water partition coefficient (Wildman–Crippen LogP) is 6.67. The fourth-order valence-corrected chi connectivity index (χ4v) is 17.5. The number of aliphatic hydroxyl groups excluding tert-OH is 4. The Kier molecular flexibility index (Phi) is 10.6. The number of Topliss-reactive ketones (excluding diaryl/α,β-unsaturated/α-hetero) is 2. The summed E-state index contributed by atoms with van der Waals surface area (Å²) in [6, 6.07) is 13.8. The van der Waals surface area contributed by atoms with Crippen LogP contribution in [-0.2, 0) is 28.9 Å². The van der Waals surface area contributed by atoms with Crippen molar-refractivity contribution >= 4 is 34.5 Å².